The van der Waals surface area contributed by atoms with Crippen LogP contribution in [-0.2, 0) is 11.5 Å². The minimum absolute atomic E-state index is 0.0736. The molecule has 2 N–H and O–H groups in total. The maximum atomic E-state index is 13.9. The lowest BCUT2D eigenvalue weighted by molar-refractivity contribution is -0.111. The summed E-state index contributed by atoms with van der Waals surface area (Å²) in [6.45, 7) is -1.00. The number of phenols is 1. The normalized spacial score (nSPS) is 13.7. The highest BCUT2D eigenvalue weighted by Gasteiger charge is 2.35. The standard InChI is InChI=1S/C28H19F2N3O3/c29-15-19-14-20(11-12-23(19)30)33-25-10-2-1-7-22(25)26(28(33)36)32-31-24-9-4-8-21(27(24)35)18-6-3-5-17(13-18)16-34/h1-14,16,31,35H,15H2/b32-26-. The van der Waals surface area contributed by atoms with E-state index < -0.39 is 18.4 Å². The van der Waals surface area contributed by atoms with Crippen LogP contribution in [0.1, 0.15) is 21.5 Å². The Bertz CT molecular complexity index is 1530. The van der Waals surface area contributed by atoms with Crippen LogP contribution in [0, 0.1) is 5.82 Å². The predicted octanol–water partition coefficient (Wildman–Crippen LogP) is 5.97. The fourth-order valence-corrected chi connectivity index (χ4v) is 4.13. The van der Waals surface area contributed by atoms with Gasteiger partial charge in [-0.25, -0.2) is 8.78 Å². The number of hydrogen-bond acceptors (Lipinski definition) is 5. The summed E-state index contributed by atoms with van der Waals surface area (Å²) in [6.07, 6.45) is 0.723. The van der Waals surface area contributed by atoms with Crippen molar-refractivity contribution in [2.75, 3.05) is 10.3 Å². The van der Waals surface area contributed by atoms with E-state index in [0.717, 1.165) is 12.4 Å². The Kier molecular flexibility index (Phi) is 6.00. The third-order valence-corrected chi connectivity index (χ3v) is 5.90. The second kappa shape index (κ2) is 9.42. The first kappa shape index (κ1) is 22.9. The van der Waals surface area contributed by atoms with Crippen LogP contribution in [0.25, 0.3) is 11.1 Å². The van der Waals surface area contributed by atoms with Gasteiger partial charge < -0.3 is 5.11 Å². The summed E-state index contributed by atoms with van der Waals surface area (Å²) in [5.41, 5.74) is 5.88. The van der Waals surface area contributed by atoms with Gasteiger partial charge in [0.25, 0.3) is 5.91 Å². The summed E-state index contributed by atoms with van der Waals surface area (Å²) < 4.78 is 27.1. The van der Waals surface area contributed by atoms with Gasteiger partial charge in [-0.2, -0.15) is 5.10 Å². The van der Waals surface area contributed by atoms with Crippen LogP contribution in [0.4, 0.5) is 25.8 Å². The zero-order chi connectivity index (χ0) is 25.2. The van der Waals surface area contributed by atoms with Crippen molar-refractivity contribution in [2.24, 2.45) is 5.10 Å². The molecule has 1 heterocycles. The number of anilines is 3. The van der Waals surface area contributed by atoms with Crippen molar-refractivity contribution >= 4 is 35.0 Å². The number of nitrogens with zero attached hydrogens (tertiary/aromatic N) is 2. The minimum atomic E-state index is -1.00. The van der Waals surface area contributed by atoms with Crippen molar-refractivity contribution in [3.8, 4) is 16.9 Å². The molecule has 178 valence electrons. The fourth-order valence-electron chi connectivity index (χ4n) is 4.13. The Morgan fingerprint density at radius 2 is 1.72 bits per heavy atom. The van der Waals surface area contributed by atoms with Crippen molar-refractivity contribution in [1.82, 2.24) is 0 Å². The van der Waals surface area contributed by atoms with Crippen molar-refractivity contribution < 1.29 is 23.5 Å². The Labute approximate surface area is 205 Å². The number of alkyl halides is 1. The van der Waals surface area contributed by atoms with E-state index in [2.05, 4.69) is 10.5 Å². The van der Waals surface area contributed by atoms with Crippen LogP contribution in [0.5, 0.6) is 5.75 Å². The van der Waals surface area contributed by atoms with Crippen LogP contribution in [0.2, 0.25) is 0 Å². The third-order valence-electron chi connectivity index (χ3n) is 5.90. The van der Waals surface area contributed by atoms with Gasteiger partial charge in [-0.1, -0.05) is 48.5 Å². The number of rotatable bonds is 6. The van der Waals surface area contributed by atoms with E-state index in [1.54, 1.807) is 66.7 Å². The second-order valence-corrected chi connectivity index (χ2v) is 8.08. The van der Waals surface area contributed by atoms with E-state index in [4.69, 9.17) is 0 Å². The topological polar surface area (TPSA) is 82.0 Å². The van der Waals surface area contributed by atoms with Crippen LogP contribution in [0.15, 0.2) is 90.0 Å². The molecule has 0 aliphatic carbocycles. The first-order valence-electron chi connectivity index (χ1n) is 11.0. The van der Waals surface area contributed by atoms with Gasteiger partial charge in [0.1, 0.15) is 24.5 Å². The van der Waals surface area contributed by atoms with Crippen molar-refractivity contribution in [3.63, 3.8) is 0 Å². The molecule has 5 rings (SSSR count). The number of phenolic OH excluding ortho intramolecular Hbond substituents is 1. The van der Waals surface area contributed by atoms with E-state index in [1.807, 2.05) is 0 Å². The van der Waals surface area contributed by atoms with Gasteiger partial charge in [0.05, 0.1) is 11.4 Å². The van der Waals surface area contributed by atoms with Crippen molar-refractivity contribution in [3.05, 3.63) is 107 Å². The molecule has 1 amide bonds. The van der Waals surface area contributed by atoms with Crippen molar-refractivity contribution in [1.29, 1.82) is 0 Å². The molecule has 0 fully saturated rings. The van der Waals surface area contributed by atoms with Gasteiger partial charge in [-0.05, 0) is 42.0 Å². The molecule has 0 atom stereocenters. The first-order valence-corrected chi connectivity index (χ1v) is 11.0. The smallest absolute Gasteiger partial charge is 0.283 e. The molecule has 0 unspecified atom stereocenters. The Morgan fingerprint density at radius 3 is 2.53 bits per heavy atom. The van der Waals surface area contributed by atoms with Crippen molar-refractivity contribution in [2.45, 2.75) is 6.67 Å². The van der Waals surface area contributed by atoms with Crippen LogP contribution in [0.3, 0.4) is 0 Å². The molecule has 1 aliphatic rings. The van der Waals surface area contributed by atoms with Gasteiger partial charge in [0.15, 0.2) is 5.71 Å². The second-order valence-electron chi connectivity index (χ2n) is 8.08. The highest BCUT2D eigenvalue weighted by atomic mass is 19.1. The molecule has 1 aliphatic heterocycles. The van der Waals surface area contributed by atoms with E-state index in [9.17, 15) is 23.5 Å². The number of halogens is 2. The molecule has 8 heteroatoms. The largest absolute Gasteiger partial charge is 0.505 e. The number of aromatic hydroxyl groups is 1. The molecular formula is C28H19F2N3O3. The van der Waals surface area contributed by atoms with Gasteiger partial charge >= 0.3 is 0 Å². The summed E-state index contributed by atoms with van der Waals surface area (Å²) >= 11 is 0. The Hall–Kier alpha value is -4.85. The summed E-state index contributed by atoms with van der Waals surface area (Å²) in [6, 6.07) is 22.6. The van der Waals surface area contributed by atoms with E-state index >= 15 is 0 Å². The molecule has 36 heavy (non-hydrogen) atoms. The molecule has 4 aromatic rings. The maximum Gasteiger partial charge on any atom is 0.283 e. The summed E-state index contributed by atoms with van der Waals surface area (Å²) in [4.78, 5) is 25.9. The Morgan fingerprint density at radius 1 is 0.944 bits per heavy atom. The molecule has 0 bridgehead atoms. The number of hydrazone groups is 1. The van der Waals surface area contributed by atoms with Gasteiger partial charge in [-0.3, -0.25) is 19.9 Å². The van der Waals surface area contributed by atoms with Gasteiger partial charge in [-0.15, -0.1) is 0 Å². The minimum Gasteiger partial charge on any atom is -0.505 e. The number of amides is 1. The molecule has 0 aromatic heterocycles. The molecule has 0 radical (unpaired) electrons. The predicted molar refractivity (Wildman–Crippen MR) is 134 cm³/mol. The highest BCUT2D eigenvalue weighted by Crippen LogP contribution is 2.38. The highest BCUT2D eigenvalue weighted by molar-refractivity contribution is 6.55. The lowest BCUT2D eigenvalue weighted by Crippen LogP contribution is -2.26. The van der Waals surface area contributed by atoms with E-state index in [-0.39, 0.29) is 22.7 Å². The number of benzene rings is 4. The number of nitrogens with one attached hydrogen (secondary N) is 1. The average molecular weight is 483 g/mol. The first-order chi connectivity index (χ1) is 17.5. The fraction of sp³-hybridized carbons (Fsp3) is 0.0357. The molecule has 0 spiro atoms. The van der Waals surface area contributed by atoms with Gasteiger partial charge in [0.2, 0.25) is 0 Å². The molecular weight excluding hydrogens is 464 g/mol. The molecule has 0 saturated heterocycles. The number of aldehydes is 1. The molecule has 4 aromatic carbocycles. The lowest BCUT2D eigenvalue weighted by Gasteiger charge is -2.17. The molecule has 6 nitrogen and oxygen atoms in total. The number of carbonyl (C=O) groups excluding carboxylic acids is 2. The van der Waals surface area contributed by atoms with E-state index in [0.29, 0.717) is 33.6 Å². The Balaban J connectivity index is 1.51. The van der Waals surface area contributed by atoms with Crippen LogP contribution < -0.4 is 10.3 Å². The zero-order valence-electron chi connectivity index (χ0n) is 18.8. The maximum absolute atomic E-state index is 13.9. The number of carbonyl (C=O) groups is 2. The van der Waals surface area contributed by atoms with Crippen LogP contribution >= 0.6 is 0 Å². The molecule has 0 saturated carbocycles. The zero-order valence-corrected chi connectivity index (χ0v) is 18.8. The summed E-state index contributed by atoms with van der Waals surface area (Å²) in [7, 11) is 0. The number of hydrogen-bond donors (Lipinski definition) is 2. The SMILES string of the molecule is O=Cc1cccc(-c2cccc(N/N=C3\C(=O)N(c4ccc(F)c(CF)c4)c4ccccc43)c2O)c1. The average Bonchev–Trinajstić information content (AvgIpc) is 3.19. The monoisotopic (exact) mass is 483 g/mol. The number of fused-ring (bicyclic) bond motifs is 1. The quantitative estimate of drug-likeness (QED) is 0.201. The van der Waals surface area contributed by atoms with Gasteiger partial charge in [0, 0.05) is 27.9 Å². The lowest BCUT2D eigenvalue weighted by atomic mass is 10.0. The summed E-state index contributed by atoms with van der Waals surface area (Å²) in [5.74, 6) is -1.29. The third kappa shape index (κ3) is 3.98. The number of para-hydroxylation sites is 2. The van der Waals surface area contributed by atoms with Crippen LogP contribution in [-0.4, -0.2) is 23.0 Å². The van der Waals surface area contributed by atoms with E-state index in [1.165, 1.54) is 17.0 Å². The summed E-state index contributed by atoms with van der Waals surface area (Å²) in [5, 5.41) is 15.2.